The zero-order valence-electron chi connectivity index (χ0n) is 25.4. The van der Waals surface area contributed by atoms with E-state index in [0.29, 0.717) is 13.0 Å². The van der Waals surface area contributed by atoms with Gasteiger partial charge in [-0.15, -0.1) is 6.58 Å². The van der Waals surface area contributed by atoms with Gasteiger partial charge in [-0.1, -0.05) is 115 Å². The van der Waals surface area contributed by atoms with Gasteiger partial charge in [0.1, 0.15) is 0 Å². The molecule has 1 fully saturated rings. The summed E-state index contributed by atoms with van der Waals surface area (Å²) in [6.45, 7) is 18.1. The van der Waals surface area contributed by atoms with Crippen molar-refractivity contribution in [1.82, 2.24) is 0 Å². The summed E-state index contributed by atoms with van der Waals surface area (Å²) in [5.74, 6) is 0. The number of hydrogen-bond acceptors (Lipinski definition) is 4. The van der Waals surface area contributed by atoms with Gasteiger partial charge in [0.25, 0.3) is 0 Å². The van der Waals surface area contributed by atoms with E-state index >= 15 is 0 Å². The molecule has 2 rings (SSSR count). The van der Waals surface area contributed by atoms with Crippen LogP contribution >= 0.6 is 0 Å². The highest BCUT2D eigenvalue weighted by Crippen LogP contribution is 2.38. The molecular formula is C33H58O4Si. The Morgan fingerprint density at radius 1 is 1.00 bits per heavy atom. The average Bonchev–Trinajstić information content (AvgIpc) is 3.37. The summed E-state index contributed by atoms with van der Waals surface area (Å²) in [6.07, 6.45) is 14.8. The maximum atomic E-state index is 11.1. The predicted octanol–water partition coefficient (Wildman–Crippen LogP) is 8.98. The third kappa shape index (κ3) is 11.6. The van der Waals surface area contributed by atoms with Crippen LogP contribution in [-0.4, -0.2) is 43.9 Å². The van der Waals surface area contributed by atoms with Gasteiger partial charge in [0, 0.05) is 6.42 Å². The van der Waals surface area contributed by atoms with E-state index in [1.165, 1.54) is 56.9 Å². The molecule has 0 radical (unpaired) electrons. The quantitative estimate of drug-likeness (QED) is 0.107. The normalized spacial score (nSPS) is 20.8. The van der Waals surface area contributed by atoms with Crippen LogP contribution in [0.5, 0.6) is 0 Å². The lowest BCUT2D eigenvalue weighted by Gasteiger charge is -2.39. The Morgan fingerprint density at radius 2 is 1.61 bits per heavy atom. The SMILES string of the molecule is C=C[C@@H](C[C@@H](O)[C@H]1CC[C@H]([C@@H](CCCCCCCCCC)OCc2ccccc2)O1)O[Si](C)(C)C(C)(C)C. The highest BCUT2D eigenvalue weighted by atomic mass is 28.4. The molecule has 1 aliphatic rings. The summed E-state index contributed by atoms with van der Waals surface area (Å²) >= 11 is 0. The summed E-state index contributed by atoms with van der Waals surface area (Å²) in [7, 11) is -1.94. The molecule has 0 unspecified atom stereocenters. The van der Waals surface area contributed by atoms with E-state index in [1.807, 2.05) is 12.1 Å². The molecule has 1 saturated heterocycles. The van der Waals surface area contributed by atoms with Crippen LogP contribution < -0.4 is 0 Å². The van der Waals surface area contributed by atoms with Crippen molar-refractivity contribution in [2.24, 2.45) is 0 Å². The fourth-order valence-corrected chi connectivity index (χ4v) is 6.32. The smallest absolute Gasteiger partial charge is 0.192 e. The molecule has 5 atom stereocenters. The van der Waals surface area contributed by atoms with Crippen LogP contribution in [0.2, 0.25) is 18.1 Å². The molecule has 0 aliphatic carbocycles. The van der Waals surface area contributed by atoms with Gasteiger partial charge in [0.15, 0.2) is 8.32 Å². The van der Waals surface area contributed by atoms with E-state index < -0.39 is 14.4 Å². The number of benzene rings is 1. The third-order valence-electron chi connectivity index (χ3n) is 8.57. The van der Waals surface area contributed by atoms with Gasteiger partial charge in [-0.3, -0.25) is 0 Å². The maximum absolute atomic E-state index is 11.1. The number of ether oxygens (including phenoxy) is 2. The molecule has 1 aromatic carbocycles. The second-order valence-corrected chi connectivity index (χ2v) is 17.6. The van der Waals surface area contributed by atoms with Gasteiger partial charge in [-0.25, -0.2) is 0 Å². The summed E-state index contributed by atoms with van der Waals surface area (Å²) in [4.78, 5) is 0. The second-order valence-electron chi connectivity index (χ2n) is 12.8. The molecular weight excluding hydrogens is 488 g/mol. The van der Waals surface area contributed by atoms with Crippen LogP contribution in [0.15, 0.2) is 43.0 Å². The minimum absolute atomic E-state index is 0.0337. The van der Waals surface area contributed by atoms with Crippen LogP contribution in [0.25, 0.3) is 0 Å². The minimum Gasteiger partial charge on any atom is -0.410 e. The molecule has 5 heteroatoms. The topological polar surface area (TPSA) is 47.9 Å². The Morgan fingerprint density at radius 3 is 2.21 bits per heavy atom. The van der Waals surface area contributed by atoms with E-state index in [9.17, 15) is 5.11 Å². The first-order valence-corrected chi connectivity index (χ1v) is 18.3. The molecule has 1 heterocycles. The molecule has 0 bridgehead atoms. The third-order valence-corrected chi connectivity index (χ3v) is 13.1. The number of hydrogen-bond donors (Lipinski definition) is 1. The van der Waals surface area contributed by atoms with Crippen LogP contribution in [0.3, 0.4) is 0 Å². The predicted molar refractivity (Wildman–Crippen MR) is 163 cm³/mol. The second kappa shape index (κ2) is 17.0. The first-order chi connectivity index (χ1) is 18.1. The van der Waals surface area contributed by atoms with Gasteiger partial charge in [0.05, 0.1) is 37.1 Å². The Balaban J connectivity index is 1.89. The highest BCUT2D eigenvalue weighted by molar-refractivity contribution is 6.74. The molecule has 0 aromatic heterocycles. The van der Waals surface area contributed by atoms with Crippen molar-refractivity contribution in [2.75, 3.05) is 0 Å². The minimum atomic E-state index is -1.94. The lowest BCUT2D eigenvalue weighted by molar-refractivity contribution is -0.106. The van der Waals surface area contributed by atoms with Crippen LogP contribution in [0, 0.1) is 0 Å². The van der Waals surface area contributed by atoms with Crippen molar-refractivity contribution in [2.45, 2.75) is 160 Å². The molecule has 1 aromatic rings. The van der Waals surface area contributed by atoms with Gasteiger partial charge in [-0.05, 0) is 43.0 Å². The fraction of sp³-hybridized carbons (Fsp3) is 0.758. The Bertz CT molecular complexity index is 760. The van der Waals surface area contributed by atoms with Crippen molar-refractivity contribution >= 4 is 8.32 Å². The van der Waals surface area contributed by atoms with E-state index in [-0.39, 0.29) is 29.5 Å². The van der Waals surface area contributed by atoms with Crippen LogP contribution in [0.1, 0.15) is 110 Å². The van der Waals surface area contributed by atoms with Crippen molar-refractivity contribution in [3.05, 3.63) is 48.6 Å². The molecule has 0 spiro atoms. The number of aliphatic hydroxyl groups is 1. The molecule has 0 amide bonds. The van der Waals surface area contributed by atoms with Crippen LogP contribution in [0.4, 0.5) is 0 Å². The zero-order valence-corrected chi connectivity index (χ0v) is 26.4. The highest BCUT2D eigenvalue weighted by Gasteiger charge is 2.40. The van der Waals surface area contributed by atoms with Gasteiger partial charge >= 0.3 is 0 Å². The summed E-state index contributed by atoms with van der Waals surface area (Å²) in [6, 6.07) is 10.4. The molecule has 218 valence electrons. The van der Waals surface area contributed by atoms with Gasteiger partial charge in [0.2, 0.25) is 0 Å². The number of unbranched alkanes of at least 4 members (excludes halogenated alkanes) is 7. The number of aliphatic hydroxyl groups excluding tert-OH is 1. The van der Waals surface area contributed by atoms with E-state index in [0.717, 1.165) is 19.3 Å². The maximum Gasteiger partial charge on any atom is 0.192 e. The summed E-state index contributed by atoms with van der Waals surface area (Å²) in [5, 5.41) is 11.2. The number of rotatable bonds is 19. The van der Waals surface area contributed by atoms with E-state index in [1.54, 1.807) is 0 Å². The molecule has 1 N–H and O–H groups in total. The van der Waals surface area contributed by atoms with Crippen molar-refractivity contribution in [1.29, 1.82) is 0 Å². The van der Waals surface area contributed by atoms with Crippen LogP contribution in [-0.2, 0) is 20.5 Å². The largest absolute Gasteiger partial charge is 0.410 e. The first kappa shape index (κ1) is 33.2. The molecule has 1 aliphatic heterocycles. The van der Waals surface area contributed by atoms with Gasteiger partial charge in [-0.2, -0.15) is 0 Å². The van der Waals surface area contributed by atoms with E-state index in [4.69, 9.17) is 13.9 Å². The average molecular weight is 547 g/mol. The molecule has 38 heavy (non-hydrogen) atoms. The van der Waals surface area contributed by atoms with Crippen molar-refractivity contribution in [3.63, 3.8) is 0 Å². The molecule has 0 saturated carbocycles. The van der Waals surface area contributed by atoms with Gasteiger partial charge < -0.3 is 19.0 Å². The standard InChI is InChI=1S/C33H58O4Si/c1-8-10-11-12-13-14-15-19-22-31(35-26-27-20-17-16-18-21-27)32-24-23-30(36-32)29(34)25-28(9-2)37-38(6,7)33(3,4)5/h9,16-18,20-21,28-32,34H,2,8,10-15,19,22-26H2,1,3-7H3/t28-,29+,30+,31+,32+/m0/s1. The monoisotopic (exact) mass is 546 g/mol. The Kier molecular flexibility index (Phi) is 14.8. The lowest BCUT2D eigenvalue weighted by Crippen LogP contribution is -2.45. The lowest BCUT2D eigenvalue weighted by atomic mass is 10.0. The first-order valence-electron chi connectivity index (χ1n) is 15.4. The van der Waals surface area contributed by atoms with Crippen molar-refractivity contribution < 1.29 is 19.0 Å². The Hall–Kier alpha value is -0.983. The fourth-order valence-electron chi connectivity index (χ4n) is 5.02. The van der Waals surface area contributed by atoms with E-state index in [2.05, 4.69) is 71.6 Å². The zero-order chi connectivity index (χ0) is 28.0. The summed E-state index contributed by atoms with van der Waals surface area (Å²) in [5.41, 5.74) is 1.19. The molecule has 4 nitrogen and oxygen atoms in total. The summed E-state index contributed by atoms with van der Waals surface area (Å²) < 4.78 is 19.5. The van der Waals surface area contributed by atoms with Crippen molar-refractivity contribution in [3.8, 4) is 0 Å². The Labute approximate surface area is 235 Å².